The molecule has 0 aromatic carbocycles. The van der Waals surface area contributed by atoms with Gasteiger partial charge in [0.15, 0.2) is 0 Å². The molecule has 1 fully saturated rings. The number of carbonyl (C=O) groups excluding carboxylic acids is 2. The van der Waals surface area contributed by atoms with E-state index >= 15 is 0 Å². The quantitative estimate of drug-likeness (QED) is 0.763. The number of ether oxygens (including phenoxy) is 1. The molecule has 2 amide bonds. The Morgan fingerprint density at radius 3 is 2.47 bits per heavy atom. The largest absolute Gasteiger partial charge is 0.381 e. The molecule has 1 saturated heterocycles. The van der Waals surface area contributed by atoms with Crippen LogP contribution in [-0.2, 0) is 14.3 Å². The van der Waals surface area contributed by atoms with Crippen LogP contribution in [0.3, 0.4) is 0 Å². The number of amides is 2. The van der Waals surface area contributed by atoms with Gasteiger partial charge in [0, 0.05) is 24.9 Å². The van der Waals surface area contributed by atoms with Gasteiger partial charge in [0.2, 0.25) is 11.8 Å². The maximum absolute atomic E-state index is 12.0. The fourth-order valence-electron chi connectivity index (χ4n) is 2.58. The number of methoxy groups -OCH3 is 1. The normalized spacial score (nSPS) is 31.5. The van der Waals surface area contributed by atoms with Gasteiger partial charge < -0.3 is 4.74 Å². The molecule has 4 heteroatoms. The zero-order valence-electron chi connectivity index (χ0n) is 11.4. The van der Waals surface area contributed by atoms with Crippen molar-refractivity contribution >= 4 is 11.8 Å². The lowest BCUT2D eigenvalue weighted by molar-refractivity contribution is -0.151. The smallest absolute Gasteiger partial charge is 0.230 e. The number of carbonyl (C=O) groups is 2. The van der Waals surface area contributed by atoms with E-state index in [1.165, 1.54) is 0 Å². The molecule has 0 aromatic heterocycles. The Morgan fingerprint density at radius 1 is 1.41 bits per heavy atom. The molecule has 1 N–H and O–H groups in total. The Kier molecular flexibility index (Phi) is 4.31. The second kappa shape index (κ2) is 5.17. The van der Waals surface area contributed by atoms with E-state index in [0.29, 0.717) is 12.3 Å². The van der Waals surface area contributed by atoms with E-state index in [-0.39, 0.29) is 23.8 Å². The molecule has 4 nitrogen and oxygen atoms in total. The van der Waals surface area contributed by atoms with Crippen LogP contribution in [0.25, 0.3) is 0 Å². The first kappa shape index (κ1) is 14.2. The zero-order chi connectivity index (χ0) is 13.2. The topological polar surface area (TPSA) is 55.4 Å². The average Bonchev–Trinajstić information content (AvgIpc) is 2.22. The fraction of sp³-hybridized carbons (Fsp3) is 0.846. The molecule has 3 atom stereocenters. The van der Waals surface area contributed by atoms with Gasteiger partial charge in [-0.1, -0.05) is 20.8 Å². The first-order valence-electron chi connectivity index (χ1n) is 6.17. The number of imide groups is 1. The number of nitrogens with one attached hydrogen (secondary N) is 1. The van der Waals surface area contributed by atoms with Gasteiger partial charge in [-0.2, -0.15) is 0 Å². The number of rotatable bonds is 4. The standard InChI is InChI=1S/C13H23NO3/c1-8(2)6-10-12(16)14-11(15)7-13(10,4)9(3)17-5/h8-10H,6-7H2,1-5H3,(H,14,15,16). The second-order valence-corrected chi connectivity index (χ2v) is 5.66. The van der Waals surface area contributed by atoms with Crippen LogP contribution in [0.2, 0.25) is 0 Å². The summed E-state index contributed by atoms with van der Waals surface area (Å²) in [5, 5.41) is 2.44. The van der Waals surface area contributed by atoms with Crippen LogP contribution < -0.4 is 5.32 Å². The van der Waals surface area contributed by atoms with Gasteiger partial charge in [-0.05, 0) is 19.3 Å². The van der Waals surface area contributed by atoms with Crippen LogP contribution in [0.1, 0.15) is 40.5 Å². The van der Waals surface area contributed by atoms with Crippen LogP contribution >= 0.6 is 0 Å². The van der Waals surface area contributed by atoms with Gasteiger partial charge in [0.05, 0.1) is 6.10 Å². The minimum absolute atomic E-state index is 0.110. The Morgan fingerprint density at radius 2 is 2.00 bits per heavy atom. The summed E-state index contributed by atoms with van der Waals surface area (Å²) in [6.07, 6.45) is 1.02. The van der Waals surface area contributed by atoms with Crippen molar-refractivity contribution in [2.45, 2.75) is 46.6 Å². The van der Waals surface area contributed by atoms with E-state index in [1.807, 2.05) is 13.8 Å². The summed E-state index contributed by atoms with van der Waals surface area (Å²) in [6, 6.07) is 0. The third kappa shape index (κ3) is 2.86. The SMILES string of the molecule is COC(C)C1(C)CC(=O)NC(=O)C1CC(C)C. The minimum atomic E-state index is -0.404. The van der Waals surface area contributed by atoms with Crippen molar-refractivity contribution in [1.29, 1.82) is 0 Å². The van der Waals surface area contributed by atoms with Crippen molar-refractivity contribution in [3.05, 3.63) is 0 Å². The highest BCUT2D eigenvalue weighted by molar-refractivity contribution is 5.99. The summed E-state index contributed by atoms with van der Waals surface area (Å²) in [6.45, 7) is 8.08. The van der Waals surface area contributed by atoms with E-state index < -0.39 is 5.41 Å². The average molecular weight is 241 g/mol. The van der Waals surface area contributed by atoms with Crippen molar-refractivity contribution in [2.24, 2.45) is 17.3 Å². The summed E-state index contributed by atoms with van der Waals surface area (Å²) in [4.78, 5) is 23.5. The molecule has 0 radical (unpaired) electrons. The van der Waals surface area contributed by atoms with E-state index in [0.717, 1.165) is 6.42 Å². The molecule has 98 valence electrons. The Bertz CT molecular complexity index is 314. The molecule has 0 spiro atoms. The first-order chi connectivity index (χ1) is 7.81. The van der Waals surface area contributed by atoms with Crippen molar-refractivity contribution in [3.63, 3.8) is 0 Å². The van der Waals surface area contributed by atoms with E-state index in [9.17, 15) is 9.59 Å². The van der Waals surface area contributed by atoms with Crippen LogP contribution in [-0.4, -0.2) is 25.0 Å². The Balaban J connectivity index is 3.01. The molecule has 1 heterocycles. The Labute approximate surface area is 103 Å². The van der Waals surface area contributed by atoms with Crippen LogP contribution in [0.4, 0.5) is 0 Å². The number of hydrogen-bond acceptors (Lipinski definition) is 3. The number of hydrogen-bond donors (Lipinski definition) is 1. The maximum Gasteiger partial charge on any atom is 0.230 e. The van der Waals surface area contributed by atoms with Crippen molar-refractivity contribution < 1.29 is 14.3 Å². The van der Waals surface area contributed by atoms with E-state index in [1.54, 1.807) is 7.11 Å². The summed E-state index contributed by atoms with van der Waals surface area (Å²) in [5.41, 5.74) is -0.404. The van der Waals surface area contributed by atoms with Crippen molar-refractivity contribution in [2.75, 3.05) is 7.11 Å². The Hall–Kier alpha value is -0.900. The van der Waals surface area contributed by atoms with Gasteiger partial charge in [-0.3, -0.25) is 14.9 Å². The lowest BCUT2D eigenvalue weighted by Crippen LogP contribution is -2.55. The molecule has 0 aliphatic carbocycles. The molecule has 0 aromatic rings. The molecule has 3 unspecified atom stereocenters. The minimum Gasteiger partial charge on any atom is -0.381 e. The highest BCUT2D eigenvalue weighted by atomic mass is 16.5. The highest BCUT2D eigenvalue weighted by Crippen LogP contribution is 2.42. The van der Waals surface area contributed by atoms with Crippen molar-refractivity contribution in [3.8, 4) is 0 Å². The molecule has 0 saturated carbocycles. The molecular weight excluding hydrogens is 218 g/mol. The summed E-state index contributed by atoms with van der Waals surface area (Å²) in [5.74, 6) is -0.0831. The molecule has 1 rings (SSSR count). The second-order valence-electron chi connectivity index (χ2n) is 5.66. The van der Waals surface area contributed by atoms with E-state index in [2.05, 4.69) is 19.2 Å². The molecule has 0 bridgehead atoms. The third-order valence-corrected chi connectivity index (χ3v) is 3.91. The summed E-state index contributed by atoms with van der Waals surface area (Å²) >= 11 is 0. The van der Waals surface area contributed by atoms with Gasteiger partial charge in [0.25, 0.3) is 0 Å². The third-order valence-electron chi connectivity index (χ3n) is 3.91. The molecule has 1 aliphatic heterocycles. The van der Waals surface area contributed by atoms with Crippen molar-refractivity contribution in [1.82, 2.24) is 5.32 Å². The first-order valence-corrected chi connectivity index (χ1v) is 6.17. The van der Waals surface area contributed by atoms with Gasteiger partial charge >= 0.3 is 0 Å². The number of piperidine rings is 1. The van der Waals surface area contributed by atoms with Crippen LogP contribution in [0, 0.1) is 17.3 Å². The van der Waals surface area contributed by atoms with Gasteiger partial charge in [-0.15, -0.1) is 0 Å². The highest BCUT2D eigenvalue weighted by Gasteiger charge is 2.48. The lowest BCUT2D eigenvalue weighted by Gasteiger charge is -2.43. The fourth-order valence-corrected chi connectivity index (χ4v) is 2.58. The maximum atomic E-state index is 12.0. The molecule has 1 aliphatic rings. The predicted molar refractivity (Wildman–Crippen MR) is 65.3 cm³/mol. The predicted octanol–water partition coefficient (Wildman–Crippen LogP) is 1.74. The zero-order valence-corrected chi connectivity index (χ0v) is 11.4. The van der Waals surface area contributed by atoms with Gasteiger partial charge in [-0.25, -0.2) is 0 Å². The van der Waals surface area contributed by atoms with E-state index in [4.69, 9.17) is 4.74 Å². The summed E-state index contributed by atoms with van der Waals surface area (Å²) in [7, 11) is 1.62. The van der Waals surface area contributed by atoms with Crippen LogP contribution in [0.5, 0.6) is 0 Å². The van der Waals surface area contributed by atoms with Gasteiger partial charge in [0.1, 0.15) is 0 Å². The monoisotopic (exact) mass is 241 g/mol. The lowest BCUT2D eigenvalue weighted by atomic mass is 9.65. The molecule has 17 heavy (non-hydrogen) atoms. The summed E-state index contributed by atoms with van der Waals surface area (Å²) < 4.78 is 5.37. The van der Waals surface area contributed by atoms with Crippen LogP contribution in [0.15, 0.2) is 0 Å². The molecular formula is C13H23NO3.